The van der Waals surface area contributed by atoms with Crippen LogP contribution in [0.5, 0.6) is 0 Å². The second kappa shape index (κ2) is 13.4. The molecule has 0 spiro atoms. The maximum Gasteiger partial charge on any atom is 0.222 e. The van der Waals surface area contributed by atoms with Crippen molar-refractivity contribution in [1.29, 1.82) is 0 Å². The lowest BCUT2D eigenvalue weighted by atomic mass is 9.95. The molecule has 0 aromatic carbocycles. The molecule has 1 amide bonds. The Morgan fingerprint density at radius 1 is 1.30 bits per heavy atom. The Morgan fingerprint density at radius 2 is 2.04 bits per heavy atom. The van der Waals surface area contributed by atoms with E-state index in [0.29, 0.717) is 25.0 Å². The van der Waals surface area contributed by atoms with E-state index in [1.807, 2.05) is 11.3 Å². The van der Waals surface area contributed by atoms with Gasteiger partial charge in [-0.3, -0.25) is 9.79 Å². The minimum atomic E-state index is 0. The molecule has 1 atom stereocenters. The summed E-state index contributed by atoms with van der Waals surface area (Å²) in [5, 5.41) is 9.87. The monoisotopic (exact) mass is 506 g/mol. The summed E-state index contributed by atoms with van der Waals surface area (Å²) in [4.78, 5) is 19.4. The Hall–Kier alpha value is -0.830. The first kappa shape index (κ1) is 24.2. The van der Waals surface area contributed by atoms with E-state index in [9.17, 15) is 4.79 Å². The van der Waals surface area contributed by atoms with E-state index in [-0.39, 0.29) is 29.9 Å². The fourth-order valence-electron chi connectivity index (χ4n) is 3.32. The molecule has 27 heavy (non-hydrogen) atoms. The van der Waals surface area contributed by atoms with Gasteiger partial charge >= 0.3 is 0 Å². The zero-order valence-electron chi connectivity index (χ0n) is 16.8. The van der Waals surface area contributed by atoms with Gasteiger partial charge in [-0.25, -0.2) is 0 Å². The van der Waals surface area contributed by atoms with Gasteiger partial charge in [-0.2, -0.15) is 0 Å². The van der Waals surface area contributed by atoms with Crippen molar-refractivity contribution in [3.8, 4) is 0 Å². The number of hydrogen-bond donors (Lipinski definition) is 3. The first-order valence-corrected chi connectivity index (χ1v) is 10.8. The van der Waals surface area contributed by atoms with Crippen molar-refractivity contribution in [1.82, 2.24) is 16.0 Å². The van der Waals surface area contributed by atoms with E-state index in [4.69, 9.17) is 0 Å². The Balaban J connectivity index is 0.00000364. The average molecular weight is 506 g/mol. The topological polar surface area (TPSA) is 65.5 Å². The number of nitrogens with one attached hydrogen (secondary N) is 3. The molecule has 1 aliphatic rings. The van der Waals surface area contributed by atoms with Crippen molar-refractivity contribution in [3.05, 3.63) is 21.9 Å². The van der Waals surface area contributed by atoms with Gasteiger partial charge in [-0.1, -0.05) is 19.3 Å². The normalized spacial score (nSPS) is 16.3. The third-order valence-corrected chi connectivity index (χ3v) is 5.63. The minimum Gasteiger partial charge on any atom is -0.357 e. The molecule has 1 heterocycles. The predicted molar refractivity (Wildman–Crippen MR) is 126 cm³/mol. The van der Waals surface area contributed by atoms with Crippen LogP contribution >= 0.6 is 35.3 Å². The van der Waals surface area contributed by atoms with Crippen LogP contribution in [0.2, 0.25) is 0 Å². The number of carbonyl (C=O) groups excluding carboxylic acids is 1. The number of thiophene rings is 1. The molecule has 1 fully saturated rings. The van der Waals surface area contributed by atoms with Gasteiger partial charge in [0.15, 0.2) is 5.96 Å². The highest BCUT2D eigenvalue weighted by Gasteiger charge is 2.15. The zero-order valence-corrected chi connectivity index (χ0v) is 20.0. The lowest BCUT2D eigenvalue weighted by Gasteiger charge is -2.22. The lowest BCUT2D eigenvalue weighted by Crippen LogP contribution is -2.43. The van der Waals surface area contributed by atoms with Gasteiger partial charge in [0.1, 0.15) is 0 Å². The number of nitrogens with zero attached hydrogens (tertiary/aromatic N) is 1. The maximum absolute atomic E-state index is 12.1. The van der Waals surface area contributed by atoms with Crippen LogP contribution < -0.4 is 16.0 Å². The number of amides is 1. The minimum absolute atomic E-state index is 0. The fraction of sp³-hybridized carbons (Fsp3) is 0.700. The summed E-state index contributed by atoms with van der Waals surface area (Å²) >= 11 is 1.84. The third-order valence-electron chi connectivity index (χ3n) is 4.61. The van der Waals surface area contributed by atoms with Crippen LogP contribution in [-0.2, 0) is 11.2 Å². The van der Waals surface area contributed by atoms with E-state index in [0.717, 1.165) is 31.8 Å². The third kappa shape index (κ3) is 9.78. The first-order chi connectivity index (χ1) is 12.6. The van der Waals surface area contributed by atoms with Gasteiger partial charge in [-0.05, 0) is 45.7 Å². The number of carbonyl (C=O) groups is 1. The summed E-state index contributed by atoms with van der Waals surface area (Å²) in [7, 11) is 0. The molecule has 5 nitrogen and oxygen atoms in total. The van der Waals surface area contributed by atoms with Gasteiger partial charge in [0.25, 0.3) is 0 Å². The van der Waals surface area contributed by atoms with E-state index in [1.165, 1.54) is 29.0 Å². The smallest absolute Gasteiger partial charge is 0.222 e. The summed E-state index contributed by atoms with van der Waals surface area (Å²) in [6.45, 7) is 7.68. The quantitative estimate of drug-likeness (QED) is 0.284. The van der Waals surface area contributed by atoms with Crippen LogP contribution in [0.3, 0.4) is 0 Å². The molecule has 0 saturated heterocycles. The molecule has 1 aliphatic carbocycles. The molecule has 1 unspecified atom stereocenters. The summed E-state index contributed by atoms with van der Waals surface area (Å²) in [5.41, 5.74) is 0. The molecular weight excluding hydrogens is 471 g/mol. The molecule has 0 radical (unpaired) electrons. The molecule has 154 valence electrons. The highest BCUT2D eigenvalue weighted by molar-refractivity contribution is 14.0. The van der Waals surface area contributed by atoms with Crippen molar-refractivity contribution in [2.45, 2.75) is 77.8 Å². The highest BCUT2D eigenvalue weighted by Crippen LogP contribution is 2.17. The average Bonchev–Trinajstić information content (AvgIpc) is 3.00. The van der Waals surface area contributed by atoms with Crippen LogP contribution in [0.15, 0.2) is 17.1 Å². The van der Waals surface area contributed by atoms with Crippen molar-refractivity contribution in [3.63, 3.8) is 0 Å². The molecule has 3 N–H and O–H groups in total. The number of rotatable bonds is 8. The van der Waals surface area contributed by atoms with E-state index >= 15 is 0 Å². The fourth-order valence-corrected chi connectivity index (χ4v) is 4.34. The largest absolute Gasteiger partial charge is 0.357 e. The van der Waals surface area contributed by atoms with Gasteiger partial charge in [0.2, 0.25) is 5.91 Å². The van der Waals surface area contributed by atoms with Crippen LogP contribution in [-0.4, -0.2) is 37.0 Å². The Labute approximate surface area is 185 Å². The SMILES string of the molecule is CCNC(=NCCC(=O)NC1CCCCC1)NC(C)Cc1ccc(C)s1.I. The zero-order chi connectivity index (χ0) is 18.8. The van der Waals surface area contributed by atoms with Crippen molar-refractivity contribution in [2.24, 2.45) is 4.99 Å². The molecular formula is C20H35IN4OS. The molecule has 0 bridgehead atoms. The van der Waals surface area contributed by atoms with E-state index in [1.54, 1.807) is 0 Å². The van der Waals surface area contributed by atoms with Crippen LogP contribution in [0.4, 0.5) is 0 Å². The summed E-state index contributed by atoms with van der Waals surface area (Å²) in [6, 6.07) is 5.03. The van der Waals surface area contributed by atoms with Crippen molar-refractivity contribution in [2.75, 3.05) is 13.1 Å². The number of guanidine groups is 1. The van der Waals surface area contributed by atoms with Crippen LogP contribution in [0.25, 0.3) is 0 Å². The van der Waals surface area contributed by atoms with E-state index in [2.05, 4.69) is 53.8 Å². The maximum atomic E-state index is 12.1. The Morgan fingerprint density at radius 3 is 2.67 bits per heavy atom. The molecule has 1 aromatic heterocycles. The summed E-state index contributed by atoms with van der Waals surface area (Å²) < 4.78 is 0. The van der Waals surface area contributed by atoms with Crippen LogP contribution in [0, 0.1) is 6.92 Å². The molecule has 1 saturated carbocycles. The van der Waals surface area contributed by atoms with E-state index < -0.39 is 0 Å². The summed E-state index contributed by atoms with van der Waals surface area (Å²) in [6.07, 6.45) is 7.45. The van der Waals surface area contributed by atoms with Gasteiger partial charge in [0, 0.05) is 41.2 Å². The molecule has 1 aromatic rings. The Bertz CT molecular complexity index is 584. The summed E-state index contributed by atoms with van der Waals surface area (Å²) in [5.74, 6) is 0.914. The van der Waals surface area contributed by atoms with Crippen LogP contribution in [0.1, 0.15) is 62.1 Å². The number of hydrogen-bond acceptors (Lipinski definition) is 3. The van der Waals surface area contributed by atoms with Crippen molar-refractivity contribution < 1.29 is 4.79 Å². The van der Waals surface area contributed by atoms with Gasteiger partial charge in [0.05, 0.1) is 6.54 Å². The second-order valence-electron chi connectivity index (χ2n) is 7.17. The van der Waals surface area contributed by atoms with Gasteiger partial charge < -0.3 is 16.0 Å². The standard InChI is InChI=1S/C20H34N4OS.HI/c1-4-21-20(23-15(2)14-18-11-10-16(3)26-18)22-13-12-19(25)24-17-8-6-5-7-9-17;/h10-11,15,17H,4-9,12-14H2,1-3H3,(H,24,25)(H2,21,22,23);1H. The van der Waals surface area contributed by atoms with Gasteiger partial charge in [-0.15, -0.1) is 35.3 Å². The second-order valence-corrected chi connectivity index (χ2v) is 8.55. The number of aryl methyl sites for hydroxylation is 1. The number of halogens is 1. The highest BCUT2D eigenvalue weighted by atomic mass is 127. The molecule has 0 aliphatic heterocycles. The molecule has 7 heteroatoms. The molecule has 2 rings (SSSR count). The predicted octanol–water partition coefficient (Wildman–Crippen LogP) is 4.00. The Kier molecular flexibility index (Phi) is 12.0. The first-order valence-electron chi connectivity index (χ1n) is 9.96. The lowest BCUT2D eigenvalue weighted by molar-refractivity contribution is -0.121. The number of aliphatic imine (C=N–C) groups is 1. The van der Waals surface area contributed by atoms with Crippen molar-refractivity contribution >= 4 is 47.2 Å².